The molecule has 12 nitrogen and oxygen atoms in total. The zero-order chi connectivity index (χ0) is 39.2. The van der Waals surface area contributed by atoms with Crippen LogP contribution >= 0.6 is 22.9 Å². The van der Waals surface area contributed by atoms with E-state index in [9.17, 15) is 14.3 Å². The van der Waals surface area contributed by atoms with Crippen LogP contribution in [0, 0.1) is 12.9 Å². The number of ether oxygens (including phenoxy) is 2. The second-order valence-electron chi connectivity index (χ2n) is 13.9. The first-order valence-corrected chi connectivity index (χ1v) is 20.0. The highest BCUT2D eigenvalue weighted by Gasteiger charge is 2.28. The Morgan fingerprint density at radius 2 is 1.88 bits per heavy atom. The molecule has 0 radical (unpaired) electrons. The van der Waals surface area contributed by atoms with Crippen molar-refractivity contribution in [3.05, 3.63) is 95.0 Å². The normalized spacial score (nSPS) is 14.3. The Morgan fingerprint density at radius 3 is 2.64 bits per heavy atom. The largest absolute Gasteiger partial charge is 0.491 e. The summed E-state index contributed by atoms with van der Waals surface area (Å²) in [5.74, 6) is 0.649. The number of hydrogen-bond donors (Lipinski definition) is 2. The number of hydrogen-bond acceptors (Lipinski definition) is 11. The van der Waals surface area contributed by atoms with Gasteiger partial charge >= 0.3 is 5.97 Å². The van der Waals surface area contributed by atoms with Crippen LogP contribution in [0.2, 0.25) is 5.02 Å². The third kappa shape index (κ3) is 8.83. The summed E-state index contributed by atoms with van der Waals surface area (Å²) >= 11 is 8.29. The molecule has 56 heavy (non-hydrogen) atoms. The molecule has 5 heterocycles. The highest BCUT2D eigenvalue weighted by molar-refractivity contribution is 7.22. The summed E-state index contributed by atoms with van der Waals surface area (Å²) in [5, 5.41) is 19.2. The van der Waals surface area contributed by atoms with Crippen LogP contribution in [-0.4, -0.2) is 93.0 Å². The summed E-state index contributed by atoms with van der Waals surface area (Å²) in [7, 11) is 2.13. The molecule has 1 aliphatic rings. The van der Waals surface area contributed by atoms with Gasteiger partial charge in [-0.25, -0.2) is 14.8 Å². The van der Waals surface area contributed by atoms with Gasteiger partial charge in [0.2, 0.25) is 0 Å². The number of nitrogens with zero attached hydrogens (tertiary/aromatic N) is 6. The number of para-hydroxylation sites is 1. The molecular formula is C41H45ClFN7O5S. The van der Waals surface area contributed by atoms with Crippen LogP contribution in [0.4, 0.5) is 10.2 Å². The molecule has 0 saturated carbocycles. The van der Waals surface area contributed by atoms with E-state index < -0.39 is 18.0 Å². The van der Waals surface area contributed by atoms with Gasteiger partial charge in [0, 0.05) is 63.5 Å². The smallest absolute Gasteiger partial charge is 0.326 e. The van der Waals surface area contributed by atoms with Crippen molar-refractivity contribution >= 4 is 44.9 Å². The highest BCUT2D eigenvalue weighted by atomic mass is 35.5. The van der Waals surface area contributed by atoms with Crippen molar-refractivity contribution in [3.8, 4) is 33.3 Å². The van der Waals surface area contributed by atoms with E-state index in [1.54, 1.807) is 12.3 Å². The van der Waals surface area contributed by atoms with Gasteiger partial charge in [-0.2, -0.15) is 9.49 Å². The van der Waals surface area contributed by atoms with Gasteiger partial charge in [0.05, 0.1) is 21.0 Å². The summed E-state index contributed by atoms with van der Waals surface area (Å²) in [6.07, 6.45) is 5.28. The number of likely N-dealkylation sites (N-methyl/N-ethyl adjacent to an activating group) is 1. The van der Waals surface area contributed by atoms with Crippen LogP contribution in [0.15, 0.2) is 71.5 Å². The molecule has 0 unspecified atom stereocenters. The molecule has 1 saturated heterocycles. The highest BCUT2D eigenvalue weighted by Crippen LogP contribution is 2.49. The maximum atomic E-state index is 14.3. The lowest BCUT2D eigenvalue weighted by atomic mass is 9.97. The van der Waals surface area contributed by atoms with E-state index in [0.717, 1.165) is 68.9 Å². The van der Waals surface area contributed by atoms with E-state index in [1.807, 2.05) is 54.1 Å². The van der Waals surface area contributed by atoms with Gasteiger partial charge in [0.25, 0.3) is 6.01 Å². The fourth-order valence-electron chi connectivity index (χ4n) is 6.85. The topological polar surface area (TPSA) is 131 Å². The summed E-state index contributed by atoms with van der Waals surface area (Å²) < 4.78 is 34.2. The number of fused-ring (bicyclic) bond motifs is 1. The zero-order valence-corrected chi connectivity index (χ0v) is 33.2. The molecule has 4 aromatic heterocycles. The predicted molar refractivity (Wildman–Crippen MR) is 216 cm³/mol. The molecule has 0 spiro atoms. The number of aromatic nitrogens is 4. The van der Waals surface area contributed by atoms with Crippen molar-refractivity contribution in [2.24, 2.45) is 0 Å². The van der Waals surface area contributed by atoms with Gasteiger partial charge in [-0.15, -0.1) is 11.3 Å². The average Bonchev–Trinajstić information content (AvgIpc) is 3.94. The number of piperazine rings is 1. The van der Waals surface area contributed by atoms with E-state index in [4.69, 9.17) is 25.5 Å². The number of carboxylic acids is 1. The third-order valence-corrected chi connectivity index (χ3v) is 11.7. The second-order valence-corrected chi connectivity index (χ2v) is 15.3. The van der Waals surface area contributed by atoms with Crippen LogP contribution in [0.3, 0.4) is 0 Å². The van der Waals surface area contributed by atoms with E-state index >= 15 is 0 Å². The molecule has 1 atom stereocenters. The molecule has 2 aromatic carbocycles. The predicted octanol–water partition coefficient (Wildman–Crippen LogP) is 8.03. The minimum atomic E-state index is -1.11. The summed E-state index contributed by atoms with van der Waals surface area (Å²) in [4.78, 5) is 27.9. The minimum Gasteiger partial charge on any atom is -0.491 e. The Kier molecular flexibility index (Phi) is 12.5. The van der Waals surface area contributed by atoms with Crippen molar-refractivity contribution < 1.29 is 28.2 Å². The molecule has 2 N–H and O–H groups in total. The second kappa shape index (κ2) is 17.8. The first-order valence-electron chi connectivity index (χ1n) is 18.8. The van der Waals surface area contributed by atoms with Gasteiger partial charge < -0.3 is 29.2 Å². The number of carboxylic acid groups (broad SMARTS) is 1. The van der Waals surface area contributed by atoms with E-state index in [0.29, 0.717) is 60.9 Å². The first-order chi connectivity index (χ1) is 27.2. The molecule has 1 fully saturated rings. The number of nitrogens with one attached hydrogen (secondary N) is 1. The van der Waals surface area contributed by atoms with Crippen LogP contribution in [0.5, 0.6) is 11.5 Å². The van der Waals surface area contributed by atoms with E-state index in [-0.39, 0.29) is 13.0 Å². The van der Waals surface area contributed by atoms with Crippen molar-refractivity contribution in [2.75, 3.05) is 51.7 Å². The minimum absolute atomic E-state index is 0.0901. The van der Waals surface area contributed by atoms with Crippen molar-refractivity contribution in [3.63, 3.8) is 0 Å². The number of unbranched alkanes of at least 4 members (excludes halogenated alkanes) is 1. The number of aryl methyl sites for hydroxylation is 1. The number of aliphatic carboxylic acids is 1. The van der Waals surface area contributed by atoms with Crippen LogP contribution in [0.1, 0.15) is 36.6 Å². The lowest BCUT2D eigenvalue weighted by molar-refractivity contribution is -0.137. The summed E-state index contributed by atoms with van der Waals surface area (Å²) in [6.45, 7) is 10.4. The molecule has 6 aromatic rings. The maximum absolute atomic E-state index is 14.3. The zero-order valence-electron chi connectivity index (χ0n) is 31.6. The van der Waals surface area contributed by atoms with Gasteiger partial charge in [-0.1, -0.05) is 49.2 Å². The summed E-state index contributed by atoms with van der Waals surface area (Å²) in [5.41, 5.74) is 3.73. The van der Waals surface area contributed by atoms with Crippen LogP contribution in [0.25, 0.3) is 32.0 Å². The lowest BCUT2D eigenvalue weighted by Crippen LogP contribution is -2.45. The van der Waals surface area contributed by atoms with Gasteiger partial charge in [-0.05, 0) is 61.3 Å². The van der Waals surface area contributed by atoms with Crippen LogP contribution in [-0.2, 0) is 24.4 Å². The number of halogens is 2. The SMILES string of the molecule is CCCCn1nccc1COc1ccccc1C[C@@H](Nc1ncnc2sc(-c3ccc(F)o3)c(-c3ccc(OCCN4CCN(C)CC4)c(Cl)c3C)c12)C(=O)O. The molecular weight excluding hydrogens is 757 g/mol. The van der Waals surface area contributed by atoms with Crippen molar-refractivity contribution in [2.45, 2.75) is 52.3 Å². The Hall–Kier alpha value is -5.02. The number of furan rings is 1. The van der Waals surface area contributed by atoms with Gasteiger partial charge in [0.1, 0.15) is 53.5 Å². The molecule has 294 valence electrons. The quantitative estimate of drug-likeness (QED) is 0.0930. The number of benzene rings is 2. The Morgan fingerprint density at radius 1 is 1.05 bits per heavy atom. The molecule has 0 amide bonds. The average molecular weight is 802 g/mol. The fourth-order valence-corrected chi connectivity index (χ4v) is 8.19. The number of rotatable bonds is 17. The Labute approximate surface area is 333 Å². The van der Waals surface area contributed by atoms with Gasteiger partial charge in [0.15, 0.2) is 0 Å². The van der Waals surface area contributed by atoms with Crippen molar-refractivity contribution in [1.82, 2.24) is 29.5 Å². The van der Waals surface area contributed by atoms with Crippen LogP contribution < -0.4 is 14.8 Å². The summed E-state index contributed by atoms with van der Waals surface area (Å²) in [6, 6.07) is 14.0. The van der Waals surface area contributed by atoms with Crippen molar-refractivity contribution in [1.29, 1.82) is 0 Å². The molecule has 0 bridgehead atoms. The third-order valence-electron chi connectivity index (χ3n) is 10.1. The Bertz CT molecular complexity index is 2290. The van der Waals surface area contributed by atoms with E-state index in [1.165, 1.54) is 23.7 Å². The first kappa shape index (κ1) is 39.2. The molecule has 1 aliphatic heterocycles. The molecule has 0 aliphatic carbocycles. The number of carbonyl (C=O) groups is 1. The number of anilines is 1. The molecule has 15 heteroatoms. The standard InChI is InChI=1S/C41H45ClFN7O5S/c1-4-5-16-50-28(14-15-46-50)24-54-31-9-7-6-8-27(31)23-30(41(51)52)47-39-36-35(38(33-12-13-34(43)55-33)56-40(36)45-25-44-39)29-10-11-32(37(42)26(29)2)53-22-21-49-19-17-48(3)18-20-49/h6-15,25,30H,4-5,16-24H2,1-3H3,(H,51,52)(H,44,45,47)/t30-/m1/s1. The molecule has 7 rings (SSSR count). The van der Waals surface area contributed by atoms with E-state index in [2.05, 4.69) is 44.2 Å². The maximum Gasteiger partial charge on any atom is 0.326 e. The fraction of sp³-hybridized carbons (Fsp3) is 0.366. The monoisotopic (exact) mass is 801 g/mol. The number of thiophene rings is 1. The lowest BCUT2D eigenvalue weighted by Gasteiger charge is -2.32. The Balaban J connectivity index is 1.19. The van der Waals surface area contributed by atoms with Gasteiger partial charge in [-0.3, -0.25) is 9.58 Å².